The number of aryl methyl sites for hydroxylation is 1. The Morgan fingerprint density at radius 2 is 2.00 bits per heavy atom. The van der Waals surface area contributed by atoms with Crippen LogP contribution in [-0.2, 0) is 7.05 Å². The fourth-order valence-electron chi connectivity index (χ4n) is 1.27. The molecule has 4 nitrogen and oxygen atoms in total. The SMILES string of the molecule is C.CC(C)Sc1ncnc2ncn(C)c12. The van der Waals surface area contributed by atoms with Gasteiger partial charge in [-0.2, -0.15) is 0 Å². The van der Waals surface area contributed by atoms with Crippen molar-refractivity contribution in [1.29, 1.82) is 0 Å². The summed E-state index contributed by atoms with van der Waals surface area (Å²) in [5.74, 6) is 0. The van der Waals surface area contributed by atoms with Crippen LogP contribution in [0.1, 0.15) is 21.3 Å². The van der Waals surface area contributed by atoms with Gasteiger partial charge >= 0.3 is 0 Å². The molecule has 2 aromatic rings. The molecule has 0 aliphatic carbocycles. The van der Waals surface area contributed by atoms with Gasteiger partial charge in [0.2, 0.25) is 0 Å². The van der Waals surface area contributed by atoms with Gasteiger partial charge in [0.1, 0.15) is 16.9 Å². The first-order valence-corrected chi connectivity index (χ1v) is 5.35. The summed E-state index contributed by atoms with van der Waals surface area (Å²) in [6, 6.07) is 0. The van der Waals surface area contributed by atoms with E-state index in [1.165, 1.54) is 0 Å². The summed E-state index contributed by atoms with van der Waals surface area (Å²) in [6.45, 7) is 4.30. The average Bonchev–Trinajstić information content (AvgIpc) is 2.48. The second-order valence-electron chi connectivity index (χ2n) is 3.37. The number of imidazole rings is 1. The van der Waals surface area contributed by atoms with E-state index in [2.05, 4.69) is 28.8 Å². The molecule has 0 aliphatic rings. The van der Waals surface area contributed by atoms with Crippen molar-refractivity contribution in [2.24, 2.45) is 7.05 Å². The molecule has 0 aromatic carbocycles. The first kappa shape index (κ1) is 12.0. The van der Waals surface area contributed by atoms with Crippen LogP contribution in [0, 0.1) is 0 Å². The zero-order chi connectivity index (χ0) is 10.1. The maximum absolute atomic E-state index is 4.27. The van der Waals surface area contributed by atoms with E-state index >= 15 is 0 Å². The Balaban J connectivity index is 0.00000112. The van der Waals surface area contributed by atoms with Crippen molar-refractivity contribution in [3.63, 3.8) is 0 Å². The molecule has 2 aromatic heterocycles. The standard InChI is InChI=1S/C9H12N4S.CH4/c1-6(2)14-9-7-8(10-4-11-9)12-5-13(7)3;/h4-6H,1-3H3;1H4. The van der Waals surface area contributed by atoms with Crippen molar-refractivity contribution in [2.75, 3.05) is 0 Å². The monoisotopic (exact) mass is 224 g/mol. The third-order valence-corrected chi connectivity index (χ3v) is 2.82. The quantitative estimate of drug-likeness (QED) is 0.580. The topological polar surface area (TPSA) is 43.6 Å². The first-order valence-electron chi connectivity index (χ1n) is 4.47. The van der Waals surface area contributed by atoms with Crippen LogP contribution in [0.3, 0.4) is 0 Å². The lowest BCUT2D eigenvalue weighted by Gasteiger charge is -2.05. The van der Waals surface area contributed by atoms with Crippen LogP contribution in [-0.4, -0.2) is 24.8 Å². The van der Waals surface area contributed by atoms with Gasteiger partial charge in [0, 0.05) is 12.3 Å². The number of rotatable bonds is 2. The molecular weight excluding hydrogens is 208 g/mol. The van der Waals surface area contributed by atoms with Crippen molar-refractivity contribution in [3.8, 4) is 0 Å². The van der Waals surface area contributed by atoms with Crippen LogP contribution >= 0.6 is 11.8 Å². The molecule has 0 radical (unpaired) electrons. The number of hydrogen-bond donors (Lipinski definition) is 0. The zero-order valence-electron chi connectivity index (χ0n) is 8.43. The van der Waals surface area contributed by atoms with Gasteiger partial charge in [-0.25, -0.2) is 15.0 Å². The van der Waals surface area contributed by atoms with E-state index in [1.807, 2.05) is 11.6 Å². The van der Waals surface area contributed by atoms with Crippen molar-refractivity contribution in [3.05, 3.63) is 12.7 Å². The second kappa shape index (κ2) is 4.61. The molecule has 0 fully saturated rings. The van der Waals surface area contributed by atoms with Crippen molar-refractivity contribution in [2.45, 2.75) is 31.6 Å². The Labute approximate surface area is 94.1 Å². The van der Waals surface area contributed by atoms with Crippen molar-refractivity contribution >= 4 is 22.9 Å². The zero-order valence-corrected chi connectivity index (χ0v) is 9.25. The van der Waals surface area contributed by atoms with Crippen LogP contribution in [0.5, 0.6) is 0 Å². The van der Waals surface area contributed by atoms with Crippen LogP contribution in [0.4, 0.5) is 0 Å². The van der Waals surface area contributed by atoms with Gasteiger partial charge < -0.3 is 4.57 Å². The highest BCUT2D eigenvalue weighted by Gasteiger charge is 2.09. The van der Waals surface area contributed by atoms with Gasteiger partial charge in [-0.05, 0) is 0 Å². The average molecular weight is 224 g/mol. The molecule has 15 heavy (non-hydrogen) atoms. The predicted molar refractivity (Wildman–Crippen MR) is 64.0 cm³/mol. The van der Waals surface area contributed by atoms with E-state index in [4.69, 9.17) is 0 Å². The van der Waals surface area contributed by atoms with Gasteiger partial charge in [0.25, 0.3) is 0 Å². The minimum atomic E-state index is 0. The summed E-state index contributed by atoms with van der Waals surface area (Å²) in [5.41, 5.74) is 1.79. The van der Waals surface area contributed by atoms with Crippen LogP contribution in [0.15, 0.2) is 17.7 Å². The molecule has 0 amide bonds. The number of aromatic nitrogens is 4. The van der Waals surface area contributed by atoms with E-state index < -0.39 is 0 Å². The lowest BCUT2D eigenvalue weighted by molar-refractivity contribution is 0.923. The Kier molecular flexibility index (Phi) is 3.68. The maximum Gasteiger partial charge on any atom is 0.181 e. The Morgan fingerprint density at radius 1 is 1.27 bits per heavy atom. The first-order chi connectivity index (χ1) is 6.68. The summed E-state index contributed by atoms with van der Waals surface area (Å²) in [7, 11) is 1.96. The molecule has 0 spiro atoms. The maximum atomic E-state index is 4.27. The highest BCUT2D eigenvalue weighted by molar-refractivity contribution is 8.00. The highest BCUT2D eigenvalue weighted by Crippen LogP contribution is 2.26. The largest absolute Gasteiger partial charge is 0.330 e. The molecule has 0 aliphatic heterocycles. The third-order valence-electron chi connectivity index (χ3n) is 1.82. The Morgan fingerprint density at radius 3 is 2.67 bits per heavy atom. The third kappa shape index (κ3) is 2.28. The molecule has 0 atom stereocenters. The fraction of sp³-hybridized carbons (Fsp3) is 0.500. The Hall–Kier alpha value is -1.10. The van der Waals surface area contributed by atoms with Crippen LogP contribution in [0.25, 0.3) is 11.2 Å². The summed E-state index contributed by atoms with van der Waals surface area (Å²) < 4.78 is 1.96. The highest BCUT2D eigenvalue weighted by atomic mass is 32.2. The smallest absolute Gasteiger partial charge is 0.181 e. The van der Waals surface area contributed by atoms with Gasteiger partial charge in [-0.15, -0.1) is 11.8 Å². The number of fused-ring (bicyclic) bond motifs is 1. The van der Waals surface area contributed by atoms with Crippen LogP contribution in [0.2, 0.25) is 0 Å². The minimum Gasteiger partial charge on any atom is -0.330 e. The van der Waals surface area contributed by atoms with E-state index in [-0.39, 0.29) is 7.43 Å². The molecule has 2 rings (SSSR count). The normalized spacial score (nSPS) is 10.7. The molecule has 82 valence electrons. The molecule has 5 heteroatoms. The summed E-state index contributed by atoms with van der Waals surface area (Å²) in [5, 5.41) is 1.52. The molecular formula is C10H16N4S. The number of nitrogens with zero attached hydrogens (tertiary/aromatic N) is 4. The fourth-order valence-corrected chi connectivity index (χ4v) is 2.17. The molecule has 2 heterocycles. The number of thioether (sulfide) groups is 1. The second-order valence-corrected chi connectivity index (χ2v) is 4.94. The summed E-state index contributed by atoms with van der Waals surface area (Å²) >= 11 is 1.73. The van der Waals surface area contributed by atoms with Gasteiger partial charge in [0.05, 0.1) is 6.33 Å². The summed E-state index contributed by atoms with van der Waals surface area (Å²) in [6.07, 6.45) is 3.34. The minimum absolute atomic E-state index is 0. The predicted octanol–water partition coefficient (Wildman–Crippen LogP) is 2.50. The van der Waals surface area contributed by atoms with Gasteiger partial charge in [-0.3, -0.25) is 0 Å². The van der Waals surface area contributed by atoms with Gasteiger partial charge in [0.15, 0.2) is 5.65 Å². The van der Waals surface area contributed by atoms with E-state index in [0.717, 1.165) is 16.2 Å². The Bertz CT molecular complexity index is 450. The molecule has 0 saturated carbocycles. The lowest BCUT2D eigenvalue weighted by Crippen LogP contribution is -1.94. The molecule has 0 N–H and O–H groups in total. The summed E-state index contributed by atoms with van der Waals surface area (Å²) in [4.78, 5) is 12.6. The van der Waals surface area contributed by atoms with Crippen molar-refractivity contribution in [1.82, 2.24) is 19.5 Å². The van der Waals surface area contributed by atoms with E-state index in [1.54, 1.807) is 24.4 Å². The number of hydrogen-bond acceptors (Lipinski definition) is 4. The van der Waals surface area contributed by atoms with E-state index in [0.29, 0.717) is 5.25 Å². The molecule has 0 bridgehead atoms. The van der Waals surface area contributed by atoms with E-state index in [9.17, 15) is 0 Å². The van der Waals surface area contributed by atoms with Crippen LogP contribution < -0.4 is 0 Å². The van der Waals surface area contributed by atoms with Crippen molar-refractivity contribution < 1.29 is 0 Å². The molecule has 0 unspecified atom stereocenters. The van der Waals surface area contributed by atoms with Gasteiger partial charge in [-0.1, -0.05) is 21.3 Å². The lowest BCUT2D eigenvalue weighted by atomic mass is 10.5. The molecule has 0 saturated heterocycles.